The lowest BCUT2D eigenvalue weighted by Crippen LogP contribution is -2.40. The first-order chi connectivity index (χ1) is 12.5. The van der Waals surface area contributed by atoms with Gasteiger partial charge in [0.05, 0.1) is 25.9 Å². The molecule has 7 N–H and O–H groups in total. The van der Waals surface area contributed by atoms with E-state index in [0.717, 1.165) is 0 Å². The second-order valence-electron chi connectivity index (χ2n) is 5.80. The minimum Gasteiger partial charge on any atom is -0.394 e. The van der Waals surface area contributed by atoms with Gasteiger partial charge in [-0.15, -0.1) is 0 Å². The summed E-state index contributed by atoms with van der Waals surface area (Å²) in [5.74, 6) is 0.661. The van der Waals surface area contributed by atoms with Crippen LogP contribution in [0.25, 0.3) is 0 Å². The summed E-state index contributed by atoms with van der Waals surface area (Å²) in [7, 11) is 1.34. The van der Waals surface area contributed by atoms with E-state index in [-0.39, 0.29) is 18.2 Å². The molecule has 0 amide bonds. The molecule has 0 aliphatic carbocycles. The molecule has 1 aromatic heterocycles. The third-order valence-electron chi connectivity index (χ3n) is 4.05. The van der Waals surface area contributed by atoms with Crippen LogP contribution in [0.4, 0.5) is 23.3 Å². The SMILES string of the molecule is COC(CO)C(O)C(O)C/C=N\c1c(N)nc(N)nc1N1CCOCC1. The van der Waals surface area contributed by atoms with E-state index in [1.807, 2.05) is 4.90 Å². The largest absolute Gasteiger partial charge is 0.394 e. The highest BCUT2D eigenvalue weighted by molar-refractivity contribution is 5.79. The van der Waals surface area contributed by atoms with Crippen molar-refractivity contribution in [2.24, 2.45) is 4.99 Å². The van der Waals surface area contributed by atoms with Crippen LogP contribution in [0.3, 0.4) is 0 Å². The Hall–Kier alpha value is -2.05. The zero-order valence-corrected chi connectivity index (χ0v) is 14.7. The molecule has 11 heteroatoms. The third kappa shape index (κ3) is 4.99. The number of nitrogens with zero attached hydrogens (tertiary/aromatic N) is 4. The first kappa shape index (κ1) is 20.3. The Balaban J connectivity index is 2.13. The quantitative estimate of drug-likeness (QED) is 0.332. The number of aromatic nitrogens is 2. The van der Waals surface area contributed by atoms with Gasteiger partial charge in [0.25, 0.3) is 0 Å². The minimum absolute atomic E-state index is 0.0212. The Morgan fingerprint density at radius 3 is 2.62 bits per heavy atom. The second-order valence-corrected chi connectivity index (χ2v) is 5.80. The van der Waals surface area contributed by atoms with Crippen LogP contribution in [-0.2, 0) is 9.47 Å². The van der Waals surface area contributed by atoms with Gasteiger partial charge in [0.1, 0.15) is 17.9 Å². The molecular formula is C15H26N6O5. The summed E-state index contributed by atoms with van der Waals surface area (Å²) >= 11 is 0. The molecule has 3 unspecified atom stereocenters. The minimum atomic E-state index is -1.25. The Morgan fingerprint density at radius 1 is 1.31 bits per heavy atom. The van der Waals surface area contributed by atoms with Crippen LogP contribution in [0.15, 0.2) is 4.99 Å². The van der Waals surface area contributed by atoms with Gasteiger partial charge in [0, 0.05) is 32.8 Å². The fourth-order valence-corrected chi connectivity index (χ4v) is 2.56. The average molecular weight is 370 g/mol. The standard InChI is InChI=1S/C15H26N6O5/c1-25-10(8-22)12(24)9(23)2-3-18-11-13(16)19-15(17)20-14(11)21-4-6-26-7-5-21/h3,9-10,12,22-24H,2,4-8H2,1H3,(H4,16,17,19,20)/b18-3-. The predicted molar refractivity (Wildman–Crippen MR) is 96.6 cm³/mol. The first-order valence-electron chi connectivity index (χ1n) is 8.25. The van der Waals surface area contributed by atoms with Gasteiger partial charge in [0.15, 0.2) is 11.6 Å². The fourth-order valence-electron chi connectivity index (χ4n) is 2.56. The van der Waals surface area contributed by atoms with Gasteiger partial charge in [-0.2, -0.15) is 9.97 Å². The van der Waals surface area contributed by atoms with Crippen molar-refractivity contribution in [2.45, 2.75) is 24.7 Å². The molecule has 1 fully saturated rings. The summed E-state index contributed by atoms with van der Waals surface area (Å²) in [6, 6.07) is 0. The summed E-state index contributed by atoms with van der Waals surface area (Å²) in [4.78, 5) is 14.4. The maximum atomic E-state index is 10.0. The number of aliphatic hydroxyl groups is 3. The average Bonchev–Trinajstić information content (AvgIpc) is 2.64. The molecule has 3 atom stereocenters. The lowest BCUT2D eigenvalue weighted by Gasteiger charge is -2.28. The van der Waals surface area contributed by atoms with Gasteiger partial charge in [-0.05, 0) is 0 Å². The predicted octanol–water partition coefficient (Wildman–Crippen LogP) is -1.70. The van der Waals surface area contributed by atoms with Crippen molar-refractivity contribution in [2.75, 3.05) is 56.4 Å². The summed E-state index contributed by atoms with van der Waals surface area (Å²) in [6.07, 6.45) is -1.87. The molecule has 11 nitrogen and oxygen atoms in total. The zero-order chi connectivity index (χ0) is 19.1. The lowest BCUT2D eigenvalue weighted by molar-refractivity contribution is -0.0898. The molecule has 0 saturated carbocycles. The molecule has 2 rings (SSSR count). The number of nitrogens with two attached hydrogens (primary N) is 2. The Bertz CT molecular complexity index is 606. The molecule has 0 bridgehead atoms. The highest BCUT2D eigenvalue weighted by Gasteiger charge is 2.25. The molecule has 0 radical (unpaired) electrons. The molecule has 1 aliphatic rings. The number of rotatable bonds is 8. The number of nitrogen functional groups attached to an aromatic ring is 2. The molecule has 146 valence electrons. The smallest absolute Gasteiger partial charge is 0.224 e. The van der Waals surface area contributed by atoms with Crippen molar-refractivity contribution in [3.8, 4) is 0 Å². The summed E-state index contributed by atoms with van der Waals surface area (Å²) in [5, 5.41) is 29.1. The van der Waals surface area contributed by atoms with E-state index in [0.29, 0.717) is 37.8 Å². The zero-order valence-electron chi connectivity index (χ0n) is 14.7. The highest BCUT2D eigenvalue weighted by Crippen LogP contribution is 2.32. The second kappa shape index (κ2) is 9.59. The number of hydrogen-bond acceptors (Lipinski definition) is 11. The Morgan fingerprint density at radius 2 is 2.00 bits per heavy atom. The molecule has 1 aliphatic heterocycles. The van der Waals surface area contributed by atoms with Crippen LogP contribution in [0, 0.1) is 0 Å². The van der Waals surface area contributed by atoms with Crippen molar-refractivity contribution < 1.29 is 24.8 Å². The van der Waals surface area contributed by atoms with E-state index >= 15 is 0 Å². The van der Waals surface area contributed by atoms with E-state index in [1.54, 1.807) is 0 Å². The van der Waals surface area contributed by atoms with Crippen LogP contribution >= 0.6 is 0 Å². The highest BCUT2D eigenvalue weighted by atomic mass is 16.5. The molecular weight excluding hydrogens is 344 g/mol. The molecule has 2 heterocycles. The van der Waals surface area contributed by atoms with Crippen molar-refractivity contribution in [3.05, 3.63) is 0 Å². The third-order valence-corrected chi connectivity index (χ3v) is 4.05. The van der Waals surface area contributed by atoms with Crippen LogP contribution in [0.2, 0.25) is 0 Å². The van der Waals surface area contributed by atoms with Crippen LogP contribution < -0.4 is 16.4 Å². The number of anilines is 3. The molecule has 26 heavy (non-hydrogen) atoms. The lowest BCUT2D eigenvalue weighted by atomic mass is 10.1. The van der Waals surface area contributed by atoms with Crippen LogP contribution in [0.5, 0.6) is 0 Å². The van der Waals surface area contributed by atoms with Crippen molar-refractivity contribution in [1.82, 2.24) is 9.97 Å². The van der Waals surface area contributed by atoms with E-state index in [2.05, 4.69) is 15.0 Å². The molecule has 1 saturated heterocycles. The van der Waals surface area contributed by atoms with E-state index in [1.165, 1.54) is 13.3 Å². The monoisotopic (exact) mass is 370 g/mol. The number of hydrogen-bond donors (Lipinski definition) is 5. The Kier molecular flexibility index (Phi) is 7.48. The van der Waals surface area contributed by atoms with Gasteiger partial charge in [-0.25, -0.2) is 0 Å². The van der Waals surface area contributed by atoms with Crippen molar-refractivity contribution >= 4 is 29.5 Å². The molecule has 1 aromatic rings. The first-order valence-corrected chi connectivity index (χ1v) is 8.25. The number of aliphatic imine (C=N–C) groups is 1. The summed E-state index contributed by atoms with van der Waals surface area (Å²) in [5.41, 5.74) is 12.0. The van der Waals surface area contributed by atoms with E-state index in [4.69, 9.17) is 26.0 Å². The van der Waals surface area contributed by atoms with Crippen molar-refractivity contribution in [1.29, 1.82) is 0 Å². The van der Waals surface area contributed by atoms with Gasteiger partial charge in [0.2, 0.25) is 5.95 Å². The van der Waals surface area contributed by atoms with Gasteiger partial charge >= 0.3 is 0 Å². The molecule has 0 spiro atoms. The number of aliphatic hydroxyl groups excluding tert-OH is 3. The maximum Gasteiger partial charge on any atom is 0.224 e. The van der Waals surface area contributed by atoms with Crippen LogP contribution in [-0.4, -0.2) is 89.8 Å². The van der Waals surface area contributed by atoms with Gasteiger partial charge in [-0.3, -0.25) is 4.99 Å². The topological polar surface area (TPSA) is 173 Å². The number of methoxy groups -OCH3 is 1. The molecule has 0 aromatic carbocycles. The fraction of sp³-hybridized carbons (Fsp3) is 0.667. The summed E-state index contributed by atoms with van der Waals surface area (Å²) in [6.45, 7) is 1.93. The van der Waals surface area contributed by atoms with Gasteiger partial charge in [-0.1, -0.05) is 0 Å². The maximum absolute atomic E-state index is 10.0. The number of ether oxygens (including phenoxy) is 2. The van der Waals surface area contributed by atoms with Crippen LogP contribution in [0.1, 0.15) is 6.42 Å². The van der Waals surface area contributed by atoms with E-state index < -0.39 is 24.9 Å². The normalized spacial score (nSPS) is 18.8. The summed E-state index contributed by atoms with van der Waals surface area (Å²) < 4.78 is 10.2. The van der Waals surface area contributed by atoms with Crippen molar-refractivity contribution in [3.63, 3.8) is 0 Å². The Labute approximate surface area is 151 Å². The number of morpholine rings is 1. The van der Waals surface area contributed by atoms with E-state index in [9.17, 15) is 10.2 Å². The van der Waals surface area contributed by atoms with Gasteiger partial charge < -0.3 is 41.2 Å².